The van der Waals surface area contributed by atoms with Gasteiger partial charge in [0.2, 0.25) is 5.88 Å². The number of nitrogens with zero attached hydrogens (tertiary/aromatic N) is 4. The van der Waals surface area contributed by atoms with Gasteiger partial charge in [-0.2, -0.15) is 13.2 Å². The number of nitrogens with one attached hydrogen (secondary N) is 1. The minimum atomic E-state index is -4.39. The number of amides is 1. The standard InChI is InChI=1S/C35H32Cl2F3N5O5S/c1-22-15-33(41-19-30(22)42-51(47,48)27-9-10-28(36)29(37)18-27)50-26-8-5-24-16-32(43(2)31(24)17-26)34(46)45-13-11-44(12-14-45)20-23-3-6-25(7-4-23)49-21-35(38,39)40/h3-10,15-19,42H,11-14,20-21H2,1-2H3. The van der Waals surface area contributed by atoms with E-state index in [1.807, 2.05) is 23.7 Å². The number of hydrogen-bond donors (Lipinski definition) is 1. The van der Waals surface area contributed by atoms with Crippen LogP contribution in [0.5, 0.6) is 17.4 Å². The number of sulfonamides is 1. The summed E-state index contributed by atoms with van der Waals surface area (Å²) in [6, 6.07) is 19.4. The summed E-state index contributed by atoms with van der Waals surface area (Å²) in [7, 11) is -2.14. The molecule has 1 fully saturated rings. The molecule has 0 saturated carbocycles. The molecule has 6 rings (SSSR count). The molecule has 51 heavy (non-hydrogen) atoms. The van der Waals surface area contributed by atoms with Gasteiger partial charge in [0.05, 0.1) is 32.3 Å². The van der Waals surface area contributed by atoms with E-state index in [9.17, 15) is 26.4 Å². The molecular formula is C35H32Cl2F3N5O5S. The average molecular weight is 763 g/mol. The lowest BCUT2D eigenvalue weighted by Crippen LogP contribution is -2.48. The zero-order chi connectivity index (χ0) is 36.5. The minimum Gasteiger partial charge on any atom is -0.484 e. The Morgan fingerprint density at radius 2 is 1.63 bits per heavy atom. The highest BCUT2D eigenvalue weighted by molar-refractivity contribution is 7.92. The number of alkyl halides is 3. The fourth-order valence-corrected chi connectivity index (χ4v) is 7.13. The van der Waals surface area contributed by atoms with Crippen molar-refractivity contribution in [1.82, 2.24) is 19.4 Å². The SMILES string of the molecule is Cc1cc(Oc2ccc3cc(C(=O)N4CCN(Cc5ccc(OCC(F)(F)F)cc5)CC4)n(C)c3c2)ncc1NS(=O)(=O)c1ccc(Cl)c(Cl)c1. The van der Waals surface area contributed by atoms with Crippen molar-refractivity contribution < 1.29 is 35.9 Å². The summed E-state index contributed by atoms with van der Waals surface area (Å²) in [5.41, 5.74) is 3.08. The van der Waals surface area contributed by atoms with Gasteiger partial charge in [-0.1, -0.05) is 35.3 Å². The van der Waals surface area contributed by atoms with E-state index >= 15 is 0 Å². The summed E-state index contributed by atoms with van der Waals surface area (Å²) in [4.78, 5) is 21.8. The Morgan fingerprint density at radius 3 is 2.29 bits per heavy atom. The minimum absolute atomic E-state index is 0.0456. The monoisotopic (exact) mass is 761 g/mol. The molecule has 10 nitrogen and oxygen atoms in total. The van der Waals surface area contributed by atoms with Crippen LogP contribution in [0.15, 0.2) is 83.9 Å². The quantitative estimate of drug-likeness (QED) is 0.156. The van der Waals surface area contributed by atoms with Crippen molar-refractivity contribution in [2.24, 2.45) is 7.05 Å². The second-order valence-corrected chi connectivity index (χ2v) is 14.5. The fourth-order valence-electron chi connectivity index (χ4n) is 5.63. The molecule has 0 radical (unpaired) electrons. The van der Waals surface area contributed by atoms with Crippen molar-refractivity contribution in [3.05, 3.63) is 106 Å². The fraction of sp³-hybridized carbons (Fsp3) is 0.257. The Bertz CT molecular complexity index is 2190. The number of pyridine rings is 1. The van der Waals surface area contributed by atoms with Crippen molar-refractivity contribution in [3.8, 4) is 17.4 Å². The molecule has 1 aliphatic heterocycles. The molecule has 1 aliphatic rings. The van der Waals surface area contributed by atoms with Crippen LogP contribution in [0.2, 0.25) is 10.0 Å². The van der Waals surface area contributed by atoms with E-state index in [0.29, 0.717) is 49.7 Å². The average Bonchev–Trinajstić information content (AvgIpc) is 3.41. The van der Waals surface area contributed by atoms with Crippen LogP contribution in [0.25, 0.3) is 10.9 Å². The molecule has 0 unspecified atom stereocenters. The van der Waals surface area contributed by atoms with Gasteiger partial charge in [0.1, 0.15) is 17.2 Å². The van der Waals surface area contributed by atoms with E-state index < -0.39 is 22.8 Å². The van der Waals surface area contributed by atoms with Crippen molar-refractivity contribution in [3.63, 3.8) is 0 Å². The topological polar surface area (TPSA) is 106 Å². The maximum Gasteiger partial charge on any atom is 0.422 e. The summed E-state index contributed by atoms with van der Waals surface area (Å²) in [6.07, 6.45) is -3.03. The van der Waals surface area contributed by atoms with Crippen molar-refractivity contribution in [2.75, 3.05) is 37.5 Å². The highest BCUT2D eigenvalue weighted by Crippen LogP contribution is 2.31. The van der Waals surface area contributed by atoms with Crippen LogP contribution in [0.4, 0.5) is 18.9 Å². The molecule has 0 atom stereocenters. The molecule has 1 N–H and O–H groups in total. The van der Waals surface area contributed by atoms with Crippen LogP contribution in [-0.2, 0) is 23.6 Å². The maximum atomic E-state index is 13.6. The normalized spacial score (nSPS) is 14.1. The number of benzene rings is 3. The Balaban J connectivity index is 1.06. The summed E-state index contributed by atoms with van der Waals surface area (Å²) in [6.45, 7) is 3.31. The molecule has 0 spiro atoms. The third-order valence-corrected chi connectivity index (χ3v) is 10.5. The first kappa shape index (κ1) is 36.3. The van der Waals surface area contributed by atoms with Crippen LogP contribution in [0.1, 0.15) is 21.6 Å². The first-order valence-corrected chi connectivity index (χ1v) is 17.9. The molecular weight excluding hydrogens is 730 g/mol. The van der Waals surface area contributed by atoms with Gasteiger partial charge in [0.15, 0.2) is 6.61 Å². The first-order chi connectivity index (χ1) is 24.1. The molecule has 1 amide bonds. The van der Waals surface area contributed by atoms with Gasteiger partial charge in [-0.05, 0) is 66.6 Å². The number of anilines is 1. The van der Waals surface area contributed by atoms with E-state index in [1.165, 1.54) is 36.5 Å². The molecule has 0 bridgehead atoms. The van der Waals surface area contributed by atoms with Crippen molar-refractivity contribution in [2.45, 2.75) is 24.5 Å². The predicted octanol–water partition coefficient (Wildman–Crippen LogP) is 7.68. The summed E-state index contributed by atoms with van der Waals surface area (Å²) in [5.74, 6) is 0.787. The van der Waals surface area contributed by atoms with Gasteiger partial charge in [-0.3, -0.25) is 14.4 Å². The molecule has 3 heterocycles. The summed E-state index contributed by atoms with van der Waals surface area (Å²) < 4.78 is 78.2. The van der Waals surface area contributed by atoms with Crippen molar-refractivity contribution in [1.29, 1.82) is 0 Å². The van der Waals surface area contributed by atoms with Crippen LogP contribution < -0.4 is 14.2 Å². The van der Waals surface area contributed by atoms with E-state index in [2.05, 4.69) is 14.6 Å². The Labute approximate surface area is 302 Å². The molecule has 2 aromatic heterocycles. The third kappa shape index (κ3) is 8.70. The van der Waals surface area contributed by atoms with E-state index in [4.69, 9.17) is 32.7 Å². The first-order valence-electron chi connectivity index (χ1n) is 15.7. The number of ether oxygens (including phenoxy) is 2. The third-order valence-electron chi connectivity index (χ3n) is 8.38. The van der Waals surface area contributed by atoms with Gasteiger partial charge >= 0.3 is 6.18 Å². The highest BCUT2D eigenvalue weighted by atomic mass is 35.5. The molecule has 1 saturated heterocycles. The van der Waals surface area contributed by atoms with E-state index in [1.54, 1.807) is 42.2 Å². The molecule has 3 aromatic carbocycles. The largest absolute Gasteiger partial charge is 0.484 e. The van der Waals surface area contributed by atoms with Crippen LogP contribution in [0, 0.1) is 6.92 Å². The van der Waals surface area contributed by atoms with Gasteiger partial charge in [-0.15, -0.1) is 0 Å². The number of aromatic nitrogens is 2. The van der Waals surface area contributed by atoms with Gasteiger partial charge in [0.25, 0.3) is 15.9 Å². The lowest BCUT2D eigenvalue weighted by Gasteiger charge is -2.34. The number of piperazine rings is 1. The molecule has 0 aliphatic carbocycles. The summed E-state index contributed by atoms with van der Waals surface area (Å²) in [5, 5.41) is 1.21. The van der Waals surface area contributed by atoms with Crippen LogP contribution >= 0.6 is 23.2 Å². The Morgan fingerprint density at radius 1 is 0.922 bits per heavy atom. The lowest BCUT2D eigenvalue weighted by molar-refractivity contribution is -0.153. The Kier molecular flexibility index (Phi) is 10.4. The zero-order valence-corrected chi connectivity index (χ0v) is 29.7. The number of carbonyl (C=O) groups is 1. The number of rotatable bonds is 10. The molecule has 5 aromatic rings. The van der Waals surface area contributed by atoms with Crippen LogP contribution in [-0.4, -0.2) is 72.6 Å². The second-order valence-electron chi connectivity index (χ2n) is 12.0. The smallest absolute Gasteiger partial charge is 0.422 e. The number of halogens is 5. The molecule has 268 valence electrons. The summed E-state index contributed by atoms with van der Waals surface area (Å²) >= 11 is 11.9. The van der Waals surface area contributed by atoms with E-state index in [-0.39, 0.29) is 38.2 Å². The number of carbonyl (C=O) groups excluding carboxylic acids is 1. The lowest BCUT2D eigenvalue weighted by atomic mass is 10.2. The number of aryl methyl sites for hydroxylation is 2. The predicted molar refractivity (Wildman–Crippen MR) is 188 cm³/mol. The van der Waals surface area contributed by atoms with Gasteiger partial charge in [0, 0.05) is 57.3 Å². The van der Waals surface area contributed by atoms with Gasteiger partial charge < -0.3 is 18.9 Å². The molecule has 16 heteroatoms. The zero-order valence-electron chi connectivity index (χ0n) is 27.4. The van der Waals surface area contributed by atoms with Crippen molar-refractivity contribution >= 4 is 55.7 Å². The van der Waals surface area contributed by atoms with Crippen LogP contribution in [0.3, 0.4) is 0 Å². The second kappa shape index (κ2) is 14.6. The number of fused-ring (bicyclic) bond motifs is 1. The highest BCUT2D eigenvalue weighted by Gasteiger charge is 2.29. The van der Waals surface area contributed by atoms with Gasteiger partial charge in [-0.25, -0.2) is 13.4 Å². The number of hydrogen-bond acceptors (Lipinski definition) is 7. The maximum absolute atomic E-state index is 13.6. The van der Waals surface area contributed by atoms with E-state index in [0.717, 1.165) is 16.5 Å². The Hall–Kier alpha value is -4.50.